The molecule has 2 aromatic rings. The Balaban J connectivity index is 1.55. The Kier molecular flexibility index (Phi) is 9.82. The van der Waals surface area contributed by atoms with Crippen LogP contribution in [0.2, 0.25) is 5.02 Å². The summed E-state index contributed by atoms with van der Waals surface area (Å²) in [5, 5.41) is -0.237. The number of anilines is 1. The van der Waals surface area contributed by atoms with Gasteiger partial charge in [-0.05, 0) is 98.7 Å². The molecule has 0 spiro atoms. The second-order valence-electron chi connectivity index (χ2n) is 11.6. The maximum absolute atomic E-state index is 13.4. The van der Waals surface area contributed by atoms with Crippen LogP contribution in [0.5, 0.6) is 5.75 Å². The van der Waals surface area contributed by atoms with Gasteiger partial charge in [0, 0.05) is 37.9 Å². The lowest BCUT2D eigenvalue weighted by Crippen LogP contribution is -2.44. The Morgan fingerprint density at radius 1 is 1.05 bits per heavy atom. The second kappa shape index (κ2) is 13.4. The second-order valence-corrected chi connectivity index (χ2v) is 14.1. The first-order valence-corrected chi connectivity index (χ1v) is 16.7. The molecule has 0 saturated heterocycles. The number of hydrogen-bond acceptors (Lipinski definition) is 7. The highest BCUT2D eigenvalue weighted by Crippen LogP contribution is 2.41. The zero-order valence-electron chi connectivity index (χ0n) is 24.6. The van der Waals surface area contributed by atoms with E-state index in [4.69, 9.17) is 25.8 Å². The molecule has 1 saturated carbocycles. The predicted molar refractivity (Wildman–Crippen MR) is 165 cm³/mol. The van der Waals surface area contributed by atoms with Crippen LogP contribution in [-0.2, 0) is 32.5 Å². The number of hydrogen-bond donors (Lipinski definition) is 1. The van der Waals surface area contributed by atoms with Crippen molar-refractivity contribution in [2.75, 3.05) is 32.2 Å². The highest BCUT2D eigenvalue weighted by Gasteiger charge is 2.38. The number of carbonyl (C=O) groups excluding carboxylic acids is 1. The Labute approximate surface area is 254 Å². The van der Waals surface area contributed by atoms with Crippen molar-refractivity contribution in [2.24, 2.45) is 11.8 Å². The Morgan fingerprint density at radius 2 is 1.88 bits per heavy atom. The van der Waals surface area contributed by atoms with Crippen LogP contribution >= 0.6 is 11.6 Å². The van der Waals surface area contributed by atoms with Gasteiger partial charge < -0.3 is 19.1 Å². The lowest BCUT2D eigenvalue weighted by Gasteiger charge is -2.43. The van der Waals surface area contributed by atoms with E-state index in [1.165, 1.54) is 12.7 Å². The SMILES string of the molecule is CO[C@H]1/C=C/C[C@H](OC)[C@H](C)S(=O)(=O)NC(=O)c2ccc3c(c2)N(CCCCc2cc(Cl)ccc2CO3)C[C@@H]2CC[C@H]21. The number of ether oxygens (including phenoxy) is 3. The first-order chi connectivity index (χ1) is 20.2. The molecule has 1 N–H and O–H groups in total. The third-order valence-electron chi connectivity index (χ3n) is 9.11. The fourth-order valence-electron chi connectivity index (χ4n) is 6.32. The summed E-state index contributed by atoms with van der Waals surface area (Å²) in [5.41, 5.74) is 3.32. The molecule has 2 bridgehead atoms. The molecule has 0 aromatic heterocycles. The van der Waals surface area contributed by atoms with Gasteiger partial charge in [-0.15, -0.1) is 0 Å². The van der Waals surface area contributed by atoms with E-state index in [9.17, 15) is 13.2 Å². The van der Waals surface area contributed by atoms with Crippen molar-refractivity contribution >= 4 is 33.2 Å². The van der Waals surface area contributed by atoms with E-state index >= 15 is 0 Å². The average Bonchev–Trinajstić information content (AvgIpc) is 2.98. The highest BCUT2D eigenvalue weighted by molar-refractivity contribution is 7.90. The molecule has 0 unspecified atom stereocenters. The fraction of sp³-hybridized carbons (Fsp3) is 0.531. The van der Waals surface area contributed by atoms with E-state index < -0.39 is 27.3 Å². The molecule has 42 heavy (non-hydrogen) atoms. The van der Waals surface area contributed by atoms with Crippen LogP contribution in [0.25, 0.3) is 0 Å². The predicted octanol–water partition coefficient (Wildman–Crippen LogP) is 5.53. The number of halogens is 1. The van der Waals surface area contributed by atoms with Crippen molar-refractivity contribution < 1.29 is 27.4 Å². The summed E-state index contributed by atoms with van der Waals surface area (Å²) in [4.78, 5) is 15.7. The van der Waals surface area contributed by atoms with Gasteiger partial charge in [0.05, 0.1) is 17.9 Å². The first kappa shape index (κ1) is 30.9. The smallest absolute Gasteiger partial charge is 0.264 e. The van der Waals surface area contributed by atoms with Gasteiger partial charge in [-0.1, -0.05) is 29.8 Å². The summed E-state index contributed by atoms with van der Waals surface area (Å²) in [6, 6.07) is 11.1. The van der Waals surface area contributed by atoms with Crippen molar-refractivity contribution in [1.82, 2.24) is 4.72 Å². The van der Waals surface area contributed by atoms with E-state index in [-0.39, 0.29) is 11.7 Å². The maximum atomic E-state index is 13.4. The number of nitrogens with zero attached hydrogens (tertiary/aromatic N) is 1. The zero-order chi connectivity index (χ0) is 29.9. The molecule has 228 valence electrons. The lowest BCUT2D eigenvalue weighted by atomic mass is 9.70. The summed E-state index contributed by atoms with van der Waals surface area (Å²) in [6.07, 6.45) is 8.64. The lowest BCUT2D eigenvalue weighted by molar-refractivity contribution is 0.0132. The van der Waals surface area contributed by atoms with Crippen LogP contribution in [0, 0.1) is 11.8 Å². The molecular weight excluding hydrogens is 576 g/mol. The molecule has 0 radical (unpaired) electrons. The van der Waals surface area contributed by atoms with Crippen LogP contribution < -0.4 is 14.4 Å². The molecule has 2 heterocycles. The number of carbonyl (C=O) groups is 1. The van der Waals surface area contributed by atoms with Crippen molar-refractivity contribution in [1.29, 1.82) is 0 Å². The van der Waals surface area contributed by atoms with Crippen molar-refractivity contribution in [2.45, 2.75) is 69.5 Å². The molecule has 3 aliphatic rings. The molecular formula is C32H41ClN2O6S. The number of aryl methyl sites for hydroxylation is 1. The number of methoxy groups -OCH3 is 2. The molecule has 1 aliphatic carbocycles. The number of sulfonamides is 1. The fourth-order valence-corrected chi connectivity index (χ4v) is 7.70. The van der Waals surface area contributed by atoms with Gasteiger partial charge in [0.1, 0.15) is 17.6 Å². The minimum atomic E-state index is -4.02. The normalized spacial score (nSPS) is 29.0. The quantitative estimate of drug-likeness (QED) is 0.444. The summed E-state index contributed by atoms with van der Waals surface area (Å²) < 4.78 is 46.7. The summed E-state index contributed by atoms with van der Waals surface area (Å²) in [7, 11) is -0.803. The Bertz CT molecular complexity index is 1410. The van der Waals surface area contributed by atoms with E-state index in [0.717, 1.165) is 56.4 Å². The van der Waals surface area contributed by atoms with Crippen LogP contribution in [0.15, 0.2) is 48.6 Å². The van der Waals surface area contributed by atoms with Gasteiger partial charge in [-0.25, -0.2) is 13.1 Å². The van der Waals surface area contributed by atoms with E-state index in [1.54, 1.807) is 32.2 Å². The van der Waals surface area contributed by atoms with Crippen molar-refractivity contribution in [3.63, 3.8) is 0 Å². The Hall–Kier alpha value is -2.59. The standard InChI is InChI=1S/C32H41ClN2O6S/c1-21-29(39-2)8-6-9-30(40-3)27-14-11-24(27)19-35-16-5-4-7-22-17-26(33)13-10-25(22)20-41-31-15-12-23(18-28(31)35)32(36)34-42(21,37)38/h6,9-10,12-13,15,17-18,21,24,27,29-30H,4-5,7-8,11,14,16,19-20H2,1-3H3,(H,34,36)/b9-6+/t21-,24-,27+,29-,30-/m0/s1. The number of fused-ring (bicyclic) bond motifs is 3. The zero-order valence-corrected chi connectivity index (χ0v) is 26.1. The summed E-state index contributed by atoms with van der Waals surface area (Å²) in [6.45, 7) is 3.49. The highest BCUT2D eigenvalue weighted by atomic mass is 35.5. The number of nitrogens with one attached hydrogen (secondary N) is 1. The van der Waals surface area contributed by atoms with Crippen LogP contribution in [0.3, 0.4) is 0 Å². The molecule has 5 atom stereocenters. The summed E-state index contributed by atoms with van der Waals surface area (Å²) in [5.74, 6) is 0.723. The molecule has 2 aliphatic heterocycles. The monoisotopic (exact) mass is 616 g/mol. The topological polar surface area (TPSA) is 94.2 Å². The average molecular weight is 617 g/mol. The Morgan fingerprint density at radius 3 is 2.62 bits per heavy atom. The maximum Gasteiger partial charge on any atom is 0.264 e. The molecule has 1 fully saturated rings. The van der Waals surface area contributed by atoms with Gasteiger partial charge in [0.15, 0.2) is 0 Å². The van der Waals surface area contributed by atoms with Gasteiger partial charge in [0.25, 0.3) is 5.91 Å². The number of rotatable bonds is 2. The summed E-state index contributed by atoms with van der Waals surface area (Å²) >= 11 is 6.31. The van der Waals surface area contributed by atoms with Crippen molar-refractivity contribution in [3.05, 3.63) is 70.3 Å². The van der Waals surface area contributed by atoms with Crippen LogP contribution in [0.1, 0.15) is 60.5 Å². The van der Waals surface area contributed by atoms with E-state index in [1.807, 2.05) is 30.4 Å². The van der Waals surface area contributed by atoms with Gasteiger partial charge in [0.2, 0.25) is 10.0 Å². The number of amides is 1. The van der Waals surface area contributed by atoms with Crippen LogP contribution in [-0.4, -0.2) is 59.1 Å². The molecule has 5 rings (SSSR count). The molecule has 1 amide bonds. The molecule has 8 nitrogen and oxygen atoms in total. The number of benzene rings is 2. The van der Waals surface area contributed by atoms with Crippen molar-refractivity contribution in [3.8, 4) is 5.75 Å². The molecule has 2 aromatic carbocycles. The van der Waals surface area contributed by atoms with E-state index in [2.05, 4.69) is 9.62 Å². The van der Waals surface area contributed by atoms with Crippen LogP contribution in [0.4, 0.5) is 5.69 Å². The first-order valence-electron chi connectivity index (χ1n) is 14.8. The molecule has 10 heteroatoms. The van der Waals surface area contributed by atoms with E-state index in [0.29, 0.717) is 35.6 Å². The third-order valence-corrected chi connectivity index (χ3v) is 11.1. The minimum Gasteiger partial charge on any atom is -0.487 e. The largest absolute Gasteiger partial charge is 0.487 e. The van der Waals surface area contributed by atoms with Gasteiger partial charge >= 0.3 is 0 Å². The van der Waals surface area contributed by atoms with Gasteiger partial charge in [-0.2, -0.15) is 0 Å². The third kappa shape index (κ3) is 6.80. The van der Waals surface area contributed by atoms with Gasteiger partial charge in [-0.3, -0.25) is 4.79 Å². The minimum absolute atomic E-state index is 0.0778.